The summed E-state index contributed by atoms with van der Waals surface area (Å²) in [6, 6.07) is 1.95. The molecule has 1 unspecified atom stereocenters. The molecule has 0 aliphatic carbocycles. The fourth-order valence-electron chi connectivity index (χ4n) is 2.19. The molecule has 4 heteroatoms. The first kappa shape index (κ1) is 13.8. The highest BCUT2D eigenvalue weighted by molar-refractivity contribution is 5.77. The van der Waals surface area contributed by atoms with Crippen LogP contribution in [-0.2, 0) is 11.3 Å². The van der Waals surface area contributed by atoms with Gasteiger partial charge < -0.3 is 15.4 Å². The number of nitrogens with zero attached hydrogens (tertiary/aromatic N) is 1. The number of aryl methyl sites for hydroxylation is 1. The molecule has 0 saturated carbocycles. The molecule has 4 nitrogen and oxygen atoms in total. The normalized spacial score (nSPS) is 13.1. The van der Waals surface area contributed by atoms with Crippen LogP contribution in [0.15, 0.2) is 6.07 Å². The van der Waals surface area contributed by atoms with E-state index >= 15 is 0 Å². The molecular weight excluding hydrogens is 216 g/mol. The minimum Gasteiger partial charge on any atom is -0.481 e. The number of aromatic nitrogens is 1. The standard InChI is InChI=1S/C13H22N2O2/c1-8(2)7-15-9(3)5-11(10(15)4)12(6-14)13(16)17/h5,8,12H,6-7,14H2,1-4H3,(H,16,17). The molecular formula is C13H22N2O2. The van der Waals surface area contributed by atoms with Crippen molar-refractivity contribution in [2.75, 3.05) is 6.54 Å². The lowest BCUT2D eigenvalue weighted by molar-refractivity contribution is -0.138. The van der Waals surface area contributed by atoms with Crippen LogP contribution < -0.4 is 5.73 Å². The molecule has 0 fully saturated rings. The lowest BCUT2D eigenvalue weighted by Gasteiger charge is -2.14. The van der Waals surface area contributed by atoms with Crippen molar-refractivity contribution in [1.82, 2.24) is 4.57 Å². The lowest BCUT2D eigenvalue weighted by Crippen LogP contribution is -2.21. The molecule has 1 atom stereocenters. The highest BCUT2D eigenvalue weighted by Crippen LogP contribution is 2.24. The second kappa shape index (κ2) is 5.36. The van der Waals surface area contributed by atoms with Gasteiger partial charge in [0, 0.05) is 24.5 Å². The molecule has 1 aromatic rings. The van der Waals surface area contributed by atoms with Crippen molar-refractivity contribution in [2.45, 2.75) is 40.2 Å². The van der Waals surface area contributed by atoms with Crippen molar-refractivity contribution in [3.8, 4) is 0 Å². The van der Waals surface area contributed by atoms with E-state index in [2.05, 4.69) is 18.4 Å². The van der Waals surface area contributed by atoms with Crippen molar-refractivity contribution in [1.29, 1.82) is 0 Å². The smallest absolute Gasteiger partial charge is 0.312 e. The number of hydrogen-bond donors (Lipinski definition) is 2. The molecule has 17 heavy (non-hydrogen) atoms. The summed E-state index contributed by atoms with van der Waals surface area (Å²) in [4.78, 5) is 11.1. The molecule has 0 bridgehead atoms. The molecule has 0 amide bonds. The molecule has 0 radical (unpaired) electrons. The maximum Gasteiger partial charge on any atom is 0.312 e. The molecule has 96 valence electrons. The molecule has 1 aromatic heterocycles. The molecule has 3 N–H and O–H groups in total. The van der Waals surface area contributed by atoms with Gasteiger partial charge in [-0.05, 0) is 31.4 Å². The Hall–Kier alpha value is -1.29. The summed E-state index contributed by atoms with van der Waals surface area (Å²) in [6.07, 6.45) is 0. The van der Waals surface area contributed by atoms with Crippen LogP contribution >= 0.6 is 0 Å². The van der Waals surface area contributed by atoms with Gasteiger partial charge in [-0.15, -0.1) is 0 Å². The topological polar surface area (TPSA) is 68.2 Å². The number of carbonyl (C=O) groups is 1. The highest BCUT2D eigenvalue weighted by Gasteiger charge is 2.23. The van der Waals surface area contributed by atoms with E-state index in [0.29, 0.717) is 5.92 Å². The van der Waals surface area contributed by atoms with Crippen LogP contribution in [0.5, 0.6) is 0 Å². The summed E-state index contributed by atoms with van der Waals surface area (Å²) < 4.78 is 2.17. The zero-order valence-corrected chi connectivity index (χ0v) is 11.0. The number of carboxylic acids is 1. The first-order chi connectivity index (χ1) is 7.88. The van der Waals surface area contributed by atoms with Gasteiger partial charge in [-0.25, -0.2) is 0 Å². The average Bonchev–Trinajstić information content (AvgIpc) is 2.46. The molecule has 0 spiro atoms. The number of nitrogens with two attached hydrogens (primary N) is 1. The maximum atomic E-state index is 11.1. The van der Waals surface area contributed by atoms with Crippen LogP contribution in [-0.4, -0.2) is 22.2 Å². The van der Waals surface area contributed by atoms with E-state index in [4.69, 9.17) is 10.8 Å². The van der Waals surface area contributed by atoms with Crippen molar-refractivity contribution in [2.24, 2.45) is 11.7 Å². The largest absolute Gasteiger partial charge is 0.481 e. The maximum absolute atomic E-state index is 11.1. The molecule has 0 aliphatic heterocycles. The van der Waals surface area contributed by atoms with Crippen molar-refractivity contribution < 1.29 is 9.90 Å². The quantitative estimate of drug-likeness (QED) is 0.823. The van der Waals surface area contributed by atoms with Crippen molar-refractivity contribution in [3.63, 3.8) is 0 Å². The van der Waals surface area contributed by atoms with E-state index in [1.54, 1.807) is 0 Å². The van der Waals surface area contributed by atoms with E-state index in [1.807, 2.05) is 19.9 Å². The first-order valence-corrected chi connectivity index (χ1v) is 5.98. The first-order valence-electron chi connectivity index (χ1n) is 5.98. The molecule has 0 aliphatic rings. The second-order valence-corrected chi connectivity index (χ2v) is 4.96. The van der Waals surface area contributed by atoms with Crippen molar-refractivity contribution in [3.05, 3.63) is 23.0 Å². The number of aliphatic carboxylic acids is 1. The minimum atomic E-state index is -0.850. The Balaban J connectivity index is 3.15. The Kier molecular flexibility index (Phi) is 4.34. The summed E-state index contributed by atoms with van der Waals surface area (Å²) in [7, 11) is 0. The Morgan fingerprint density at radius 2 is 2.06 bits per heavy atom. The third kappa shape index (κ3) is 2.88. The number of rotatable bonds is 5. The fourth-order valence-corrected chi connectivity index (χ4v) is 2.19. The van der Waals surface area contributed by atoms with Gasteiger partial charge in [0.05, 0.1) is 5.92 Å². The van der Waals surface area contributed by atoms with Gasteiger partial charge in [0.25, 0.3) is 0 Å². The van der Waals surface area contributed by atoms with Gasteiger partial charge in [0.15, 0.2) is 0 Å². The van der Waals surface area contributed by atoms with E-state index in [0.717, 1.165) is 23.5 Å². The van der Waals surface area contributed by atoms with E-state index < -0.39 is 11.9 Å². The Morgan fingerprint density at radius 1 is 1.47 bits per heavy atom. The van der Waals surface area contributed by atoms with Crippen LogP contribution in [0.2, 0.25) is 0 Å². The lowest BCUT2D eigenvalue weighted by atomic mass is 10.00. The van der Waals surface area contributed by atoms with Crippen LogP contribution in [0.1, 0.15) is 36.7 Å². The number of carboxylic acid groups (broad SMARTS) is 1. The molecule has 1 rings (SSSR count). The summed E-state index contributed by atoms with van der Waals surface area (Å²) >= 11 is 0. The molecule has 0 saturated heterocycles. The van der Waals surface area contributed by atoms with Gasteiger partial charge in [-0.1, -0.05) is 13.8 Å². The van der Waals surface area contributed by atoms with Crippen LogP contribution in [0, 0.1) is 19.8 Å². The highest BCUT2D eigenvalue weighted by atomic mass is 16.4. The second-order valence-electron chi connectivity index (χ2n) is 4.96. The van der Waals surface area contributed by atoms with Crippen LogP contribution in [0.4, 0.5) is 0 Å². The van der Waals surface area contributed by atoms with Gasteiger partial charge in [-0.3, -0.25) is 4.79 Å². The van der Waals surface area contributed by atoms with Gasteiger partial charge >= 0.3 is 5.97 Å². The van der Waals surface area contributed by atoms with Crippen LogP contribution in [0.25, 0.3) is 0 Å². The predicted octanol–water partition coefficient (Wildman–Crippen LogP) is 1.89. The van der Waals surface area contributed by atoms with Crippen molar-refractivity contribution >= 4 is 5.97 Å². The summed E-state index contributed by atoms with van der Waals surface area (Å²) in [5, 5.41) is 9.14. The minimum absolute atomic E-state index is 0.140. The molecule has 1 heterocycles. The van der Waals surface area contributed by atoms with Crippen LogP contribution in [0.3, 0.4) is 0 Å². The summed E-state index contributed by atoms with van der Waals surface area (Å²) in [6.45, 7) is 9.33. The average molecular weight is 238 g/mol. The summed E-state index contributed by atoms with van der Waals surface area (Å²) in [5.41, 5.74) is 8.52. The Bertz CT molecular complexity index is 408. The molecule has 0 aromatic carbocycles. The monoisotopic (exact) mass is 238 g/mol. The van der Waals surface area contributed by atoms with Gasteiger partial charge in [0.1, 0.15) is 0 Å². The van der Waals surface area contributed by atoms with Gasteiger partial charge in [-0.2, -0.15) is 0 Å². The Morgan fingerprint density at radius 3 is 2.47 bits per heavy atom. The predicted molar refractivity (Wildman–Crippen MR) is 68.2 cm³/mol. The third-order valence-electron chi connectivity index (χ3n) is 3.07. The Labute approximate surface area is 102 Å². The third-order valence-corrected chi connectivity index (χ3v) is 3.07. The number of hydrogen-bond acceptors (Lipinski definition) is 2. The fraction of sp³-hybridized carbons (Fsp3) is 0.615. The van der Waals surface area contributed by atoms with E-state index in [-0.39, 0.29) is 6.54 Å². The van der Waals surface area contributed by atoms with E-state index in [9.17, 15) is 4.79 Å². The van der Waals surface area contributed by atoms with Gasteiger partial charge in [0.2, 0.25) is 0 Å². The summed E-state index contributed by atoms with van der Waals surface area (Å²) in [5.74, 6) is -0.909. The SMILES string of the molecule is Cc1cc(C(CN)C(=O)O)c(C)n1CC(C)C. The van der Waals surface area contributed by atoms with E-state index in [1.165, 1.54) is 0 Å². The zero-order chi connectivity index (χ0) is 13.2. The zero-order valence-electron chi connectivity index (χ0n) is 11.0.